The summed E-state index contributed by atoms with van der Waals surface area (Å²) >= 11 is 0. The van der Waals surface area contributed by atoms with Crippen molar-refractivity contribution >= 4 is 5.78 Å². The lowest BCUT2D eigenvalue weighted by Gasteiger charge is -2.46. The van der Waals surface area contributed by atoms with Crippen LogP contribution in [0.4, 0.5) is 0 Å². The molecule has 1 aliphatic heterocycles. The first-order valence-corrected chi connectivity index (χ1v) is 7.34. The van der Waals surface area contributed by atoms with Crippen molar-refractivity contribution in [3.05, 3.63) is 17.5 Å². The van der Waals surface area contributed by atoms with Crippen LogP contribution in [0.2, 0.25) is 0 Å². The Morgan fingerprint density at radius 3 is 3.00 bits per heavy atom. The largest absolute Gasteiger partial charge is 0.375 e. The molecule has 0 bridgehead atoms. The lowest BCUT2D eigenvalue weighted by Crippen LogP contribution is -2.47. The van der Waals surface area contributed by atoms with Gasteiger partial charge in [0.2, 0.25) is 0 Å². The molecule has 1 aromatic heterocycles. The van der Waals surface area contributed by atoms with E-state index in [0.29, 0.717) is 0 Å². The number of Topliss-reactive ketones (excluding diaryl/α,β-unsaturated/α-hetero) is 1. The highest BCUT2D eigenvalue weighted by Gasteiger charge is 2.44. The zero-order chi connectivity index (χ0) is 13.5. The van der Waals surface area contributed by atoms with Crippen molar-refractivity contribution in [2.75, 3.05) is 6.61 Å². The zero-order valence-electron chi connectivity index (χ0n) is 11.8. The van der Waals surface area contributed by atoms with Crippen LogP contribution in [0.3, 0.4) is 0 Å². The molecule has 19 heavy (non-hydrogen) atoms. The third kappa shape index (κ3) is 2.22. The molecule has 2 heterocycles. The molecule has 1 aliphatic carbocycles. The number of aromatic nitrogens is 2. The highest BCUT2D eigenvalue weighted by Crippen LogP contribution is 2.44. The van der Waals surface area contributed by atoms with Gasteiger partial charge in [-0.15, -0.1) is 0 Å². The second kappa shape index (κ2) is 4.75. The van der Waals surface area contributed by atoms with Crippen LogP contribution in [-0.2, 0) is 18.2 Å². The molecule has 0 aromatic carbocycles. The monoisotopic (exact) mass is 262 g/mol. The van der Waals surface area contributed by atoms with E-state index in [4.69, 9.17) is 4.74 Å². The maximum Gasteiger partial charge on any atom is 0.169 e. The van der Waals surface area contributed by atoms with Crippen LogP contribution < -0.4 is 0 Å². The summed E-state index contributed by atoms with van der Waals surface area (Å²) in [6, 6.07) is 0. The number of ketones is 1. The van der Waals surface area contributed by atoms with Crippen molar-refractivity contribution < 1.29 is 9.53 Å². The number of nitrogens with zero attached hydrogens (tertiary/aromatic N) is 2. The lowest BCUT2D eigenvalue weighted by molar-refractivity contribution is -0.137. The Morgan fingerprint density at radius 2 is 2.37 bits per heavy atom. The molecule has 1 aromatic rings. The van der Waals surface area contributed by atoms with Crippen LogP contribution in [0.1, 0.15) is 55.1 Å². The van der Waals surface area contributed by atoms with E-state index in [1.54, 1.807) is 4.68 Å². The SMILES string of the molecule is CCc1nn(C)cc1C(=O)C1CCOC2(CCC2)C1. The minimum absolute atomic E-state index is 0.0349. The van der Waals surface area contributed by atoms with Gasteiger partial charge in [0.05, 0.1) is 16.9 Å². The van der Waals surface area contributed by atoms with Gasteiger partial charge in [-0.1, -0.05) is 6.92 Å². The molecule has 4 heteroatoms. The molecule has 0 N–H and O–H groups in total. The van der Waals surface area contributed by atoms with Gasteiger partial charge >= 0.3 is 0 Å². The first kappa shape index (κ1) is 12.9. The van der Waals surface area contributed by atoms with Crippen molar-refractivity contribution in [2.45, 2.75) is 51.0 Å². The fourth-order valence-electron chi connectivity index (χ4n) is 3.39. The quantitative estimate of drug-likeness (QED) is 0.786. The smallest absolute Gasteiger partial charge is 0.169 e. The number of aryl methyl sites for hydroxylation is 2. The average molecular weight is 262 g/mol. The molecule has 2 aliphatic rings. The van der Waals surface area contributed by atoms with E-state index in [9.17, 15) is 4.79 Å². The fraction of sp³-hybridized carbons (Fsp3) is 0.733. The van der Waals surface area contributed by atoms with Gasteiger partial charge in [0, 0.05) is 25.8 Å². The molecular formula is C15H22N2O2. The third-order valence-corrected chi connectivity index (χ3v) is 4.63. The van der Waals surface area contributed by atoms with E-state index in [2.05, 4.69) is 12.0 Å². The molecule has 0 radical (unpaired) electrons. The van der Waals surface area contributed by atoms with E-state index in [1.165, 1.54) is 6.42 Å². The van der Waals surface area contributed by atoms with E-state index in [0.717, 1.165) is 50.0 Å². The minimum Gasteiger partial charge on any atom is -0.375 e. The summed E-state index contributed by atoms with van der Waals surface area (Å²) in [4.78, 5) is 12.7. The summed E-state index contributed by atoms with van der Waals surface area (Å²) in [5, 5.41) is 4.38. The van der Waals surface area contributed by atoms with Gasteiger partial charge in [-0.05, 0) is 38.5 Å². The topological polar surface area (TPSA) is 44.1 Å². The van der Waals surface area contributed by atoms with Gasteiger partial charge in [0.15, 0.2) is 5.78 Å². The normalized spacial score (nSPS) is 25.3. The van der Waals surface area contributed by atoms with Crippen molar-refractivity contribution in [3.8, 4) is 0 Å². The average Bonchev–Trinajstić information content (AvgIpc) is 2.77. The number of carbonyl (C=O) groups excluding carboxylic acids is 1. The van der Waals surface area contributed by atoms with Gasteiger partial charge in [-0.25, -0.2) is 0 Å². The number of carbonyl (C=O) groups is 1. The van der Waals surface area contributed by atoms with Crippen molar-refractivity contribution in [3.63, 3.8) is 0 Å². The number of ether oxygens (including phenoxy) is 1. The molecule has 1 saturated carbocycles. The third-order valence-electron chi connectivity index (χ3n) is 4.63. The van der Waals surface area contributed by atoms with E-state index in [1.807, 2.05) is 13.2 Å². The maximum absolute atomic E-state index is 12.7. The number of rotatable bonds is 3. The Labute approximate surface area is 114 Å². The van der Waals surface area contributed by atoms with Crippen LogP contribution in [0, 0.1) is 5.92 Å². The molecule has 4 nitrogen and oxygen atoms in total. The summed E-state index contributed by atoms with van der Waals surface area (Å²) in [6.45, 7) is 2.79. The van der Waals surface area contributed by atoms with Crippen LogP contribution in [0.15, 0.2) is 6.20 Å². The molecular weight excluding hydrogens is 240 g/mol. The summed E-state index contributed by atoms with van der Waals surface area (Å²) in [5.74, 6) is 0.406. The Hall–Kier alpha value is -1.16. The molecule has 1 atom stereocenters. The van der Waals surface area contributed by atoms with E-state index < -0.39 is 0 Å². The summed E-state index contributed by atoms with van der Waals surface area (Å²) < 4.78 is 7.66. The molecule has 1 unspecified atom stereocenters. The van der Waals surface area contributed by atoms with Crippen molar-refractivity contribution in [1.29, 1.82) is 0 Å². The van der Waals surface area contributed by atoms with Gasteiger partial charge in [0.1, 0.15) is 0 Å². The minimum atomic E-state index is 0.0349. The standard InChI is InChI=1S/C15H22N2O2/c1-3-13-12(10-17(2)16-13)14(18)11-5-8-19-15(9-11)6-4-7-15/h10-11H,3-9H2,1-2H3. The number of hydrogen-bond acceptors (Lipinski definition) is 3. The first-order valence-electron chi connectivity index (χ1n) is 7.34. The fourth-order valence-corrected chi connectivity index (χ4v) is 3.39. The predicted octanol–water partition coefficient (Wildman–Crippen LogP) is 2.51. The highest BCUT2D eigenvalue weighted by atomic mass is 16.5. The Kier molecular flexibility index (Phi) is 3.21. The van der Waals surface area contributed by atoms with Gasteiger partial charge < -0.3 is 4.74 Å². The summed E-state index contributed by atoms with van der Waals surface area (Å²) in [5.41, 5.74) is 1.79. The molecule has 1 spiro atoms. The summed E-state index contributed by atoms with van der Waals surface area (Å²) in [6.07, 6.45) is 7.96. The molecule has 104 valence electrons. The highest BCUT2D eigenvalue weighted by molar-refractivity contribution is 5.98. The van der Waals surface area contributed by atoms with Gasteiger partial charge in [-0.3, -0.25) is 9.48 Å². The maximum atomic E-state index is 12.7. The zero-order valence-corrected chi connectivity index (χ0v) is 11.8. The van der Waals surface area contributed by atoms with Crippen molar-refractivity contribution in [1.82, 2.24) is 9.78 Å². The second-order valence-corrected chi connectivity index (χ2v) is 5.96. The molecule has 0 amide bonds. The lowest BCUT2D eigenvalue weighted by atomic mass is 9.70. The number of hydrogen-bond donors (Lipinski definition) is 0. The van der Waals surface area contributed by atoms with Crippen LogP contribution in [0.25, 0.3) is 0 Å². The van der Waals surface area contributed by atoms with E-state index >= 15 is 0 Å². The Bertz CT molecular complexity index is 488. The first-order chi connectivity index (χ1) is 9.13. The van der Waals surface area contributed by atoms with Crippen LogP contribution in [0.5, 0.6) is 0 Å². The van der Waals surface area contributed by atoms with E-state index in [-0.39, 0.29) is 17.3 Å². The Balaban J connectivity index is 1.79. The summed E-state index contributed by atoms with van der Waals surface area (Å²) in [7, 11) is 1.88. The van der Waals surface area contributed by atoms with Gasteiger partial charge in [-0.2, -0.15) is 5.10 Å². The van der Waals surface area contributed by atoms with Crippen molar-refractivity contribution in [2.24, 2.45) is 13.0 Å². The van der Waals surface area contributed by atoms with Crippen LogP contribution in [-0.4, -0.2) is 27.8 Å². The van der Waals surface area contributed by atoms with Crippen LogP contribution >= 0.6 is 0 Å². The molecule has 2 fully saturated rings. The van der Waals surface area contributed by atoms with Gasteiger partial charge in [0.25, 0.3) is 0 Å². The molecule has 3 rings (SSSR count). The Morgan fingerprint density at radius 1 is 1.58 bits per heavy atom. The second-order valence-electron chi connectivity index (χ2n) is 5.96. The molecule has 1 saturated heterocycles. The predicted molar refractivity (Wildman–Crippen MR) is 72.2 cm³/mol.